The fourth-order valence-corrected chi connectivity index (χ4v) is 0.979. The zero-order valence-corrected chi connectivity index (χ0v) is 8.01. The molecule has 0 amide bonds. The third-order valence-electron chi connectivity index (χ3n) is 1.73. The molecule has 0 spiro atoms. The van der Waals surface area contributed by atoms with E-state index in [-0.39, 0.29) is 0 Å². The van der Waals surface area contributed by atoms with Crippen molar-refractivity contribution in [1.82, 2.24) is 0 Å². The Balaban J connectivity index is 2.47. The SMILES string of the molecule is COCCOc1ccc(C(O)O)cc1. The molecule has 0 aliphatic heterocycles. The Morgan fingerprint density at radius 2 is 1.79 bits per heavy atom. The number of methoxy groups -OCH3 is 1. The lowest BCUT2D eigenvalue weighted by Crippen LogP contribution is -2.04. The van der Waals surface area contributed by atoms with E-state index in [2.05, 4.69) is 0 Å². The van der Waals surface area contributed by atoms with Crippen LogP contribution in [0.25, 0.3) is 0 Å². The summed E-state index contributed by atoms with van der Waals surface area (Å²) in [6.45, 7) is 1.02. The summed E-state index contributed by atoms with van der Waals surface area (Å²) in [6, 6.07) is 6.58. The minimum absolute atomic E-state index is 0.448. The predicted octanol–water partition coefficient (Wildman–Crippen LogP) is 0.695. The summed E-state index contributed by atoms with van der Waals surface area (Å²) in [5.41, 5.74) is 0.448. The third-order valence-corrected chi connectivity index (χ3v) is 1.73. The van der Waals surface area contributed by atoms with Gasteiger partial charge in [-0.15, -0.1) is 0 Å². The minimum atomic E-state index is -1.43. The Hall–Kier alpha value is -1.10. The van der Waals surface area contributed by atoms with Crippen LogP contribution < -0.4 is 4.74 Å². The van der Waals surface area contributed by atoms with E-state index < -0.39 is 6.29 Å². The summed E-state index contributed by atoms with van der Waals surface area (Å²) < 4.78 is 10.1. The minimum Gasteiger partial charge on any atom is -0.491 e. The number of aliphatic hydroxyl groups is 2. The summed E-state index contributed by atoms with van der Waals surface area (Å²) in [6.07, 6.45) is -1.43. The van der Waals surface area contributed by atoms with E-state index >= 15 is 0 Å². The van der Waals surface area contributed by atoms with E-state index in [0.29, 0.717) is 24.5 Å². The highest BCUT2D eigenvalue weighted by molar-refractivity contribution is 5.27. The first-order valence-corrected chi connectivity index (χ1v) is 4.32. The Morgan fingerprint density at radius 1 is 1.14 bits per heavy atom. The molecule has 0 bridgehead atoms. The van der Waals surface area contributed by atoms with Gasteiger partial charge in [0.05, 0.1) is 6.61 Å². The lowest BCUT2D eigenvalue weighted by molar-refractivity contribution is -0.0425. The van der Waals surface area contributed by atoms with Crippen LogP contribution in [0.1, 0.15) is 11.9 Å². The highest BCUT2D eigenvalue weighted by Crippen LogP contribution is 2.15. The van der Waals surface area contributed by atoms with Crippen molar-refractivity contribution in [1.29, 1.82) is 0 Å². The molecule has 0 unspecified atom stereocenters. The summed E-state index contributed by atoms with van der Waals surface area (Å²) in [7, 11) is 1.61. The summed E-state index contributed by atoms with van der Waals surface area (Å²) in [5.74, 6) is 0.687. The molecule has 0 saturated heterocycles. The first kappa shape index (κ1) is 11.0. The van der Waals surface area contributed by atoms with Gasteiger partial charge in [-0.3, -0.25) is 0 Å². The van der Waals surface area contributed by atoms with Crippen LogP contribution in [0.15, 0.2) is 24.3 Å². The smallest absolute Gasteiger partial charge is 0.178 e. The number of rotatable bonds is 5. The second kappa shape index (κ2) is 5.59. The molecule has 0 aromatic heterocycles. The molecule has 0 radical (unpaired) electrons. The van der Waals surface area contributed by atoms with Gasteiger partial charge in [-0.2, -0.15) is 0 Å². The normalized spacial score (nSPS) is 10.6. The molecule has 78 valence electrons. The van der Waals surface area contributed by atoms with Crippen molar-refractivity contribution < 1.29 is 19.7 Å². The number of ether oxygens (including phenoxy) is 2. The van der Waals surface area contributed by atoms with Gasteiger partial charge in [0.15, 0.2) is 6.29 Å². The fourth-order valence-electron chi connectivity index (χ4n) is 0.979. The van der Waals surface area contributed by atoms with Crippen LogP contribution in [0.2, 0.25) is 0 Å². The number of hydrogen-bond acceptors (Lipinski definition) is 4. The number of aliphatic hydroxyl groups excluding tert-OH is 1. The molecule has 4 heteroatoms. The molecule has 2 N–H and O–H groups in total. The van der Waals surface area contributed by atoms with Gasteiger partial charge in [0.2, 0.25) is 0 Å². The Bertz CT molecular complexity index is 255. The van der Waals surface area contributed by atoms with E-state index in [9.17, 15) is 0 Å². The highest BCUT2D eigenvalue weighted by atomic mass is 16.5. The van der Waals surface area contributed by atoms with E-state index in [1.165, 1.54) is 0 Å². The second-order valence-corrected chi connectivity index (χ2v) is 2.78. The molecule has 0 aliphatic carbocycles. The molecular weight excluding hydrogens is 184 g/mol. The largest absolute Gasteiger partial charge is 0.491 e. The van der Waals surface area contributed by atoms with Crippen molar-refractivity contribution in [2.24, 2.45) is 0 Å². The number of hydrogen-bond donors (Lipinski definition) is 2. The predicted molar refractivity (Wildman–Crippen MR) is 51.0 cm³/mol. The van der Waals surface area contributed by atoms with Gasteiger partial charge in [-0.1, -0.05) is 12.1 Å². The Morgan fingerprint density at radius 3 is 2.29 bits per heavy atom. The molecular formula is C10H14O4. The van der Waals surface area contributed by atoms with Crippen molar-refractivity contribution in [2.45, 2.75) is 6.29 Å². The zero-order valence-electron chi connectivity index (χ0n) is 8.01. The van der Waals surface area contributed by atoms with E-state index in [4.69, 9.17) is 19.7 Å². The molecule has 0 saturated carbocycles. The maximum absolute atomic E-state index is 8.82. The molecule has 14 heavy (non-hydrogen) atoms. The standard InChI is InChI=1S/C10H14O4/c1-13-6-7-14-9-4-2-8(3-5-9)10(11)12/h2-5,10-12H,6-7H2,1H3. The lowest BCUT2D eigenvalue weighted by Gasteiger charge is -2.07. The molecule has 1 aromatic carbocycles. The average Bonchev–Trinajstić information content (AvgIpc) is 2.19. The van der Waals surface area contributed by atoms with Crippen LogP contribution in [0.5, 0.6) is 5.75 Å². The van der Waals surface area contributed by atoms with Crippen molar-refractivity contribution in [3.05, 3.63) is 29.8 Å². The van der Waals surface area contributed by atoms with E-state index in [1.54, 1.807) is 31.4 Å². The van der Waals surface area contributed by atoms with Gasteiger partial charge in [-0.05, 0) is 12.1 Å². The van der Waals surface area contributed by atoms with Crippen molar-refractivity contribution >= 4 is 0 Å². The first-order chi connectivity index (χ1) is 6.74. The highest BCUT2D eigenvalue weighted by Gasteiger charge is 2.01. The van der Waals surface area contributed by atoms with Gasteiger partial charge in [0.25, 0.3) is 0 Å². The lowest BCUT2D eigenvalue weighted by atomic mass is 10.2. The maximum atomic E-state index is 8.82. The molecule has 0 heterocycles. The number of benzene rings is 1. The molecule has 0 aliphatic rings. The quantitative estimate of drug-likeness (QED) is 0.540. The van der Waals surface area contributed by atoms with Crippen LogP contribution in [0.4, 0.5) is 0 Å². The van der Waals surface area contributed by atoms with E-state index in [0.717, 1.165) is 0 Å². The summed E-state index contributed by atoms with van der Waals surface area (Å²) in [5, 5.41) is 17.6. The first-order valence-electron chi connectivity index (χ1n) is 4.32. The van der Waals surface area contributed by atoms with Gasteiger partial charge in [-0.25, -0.2) is 0 Å². The van der Waals surface area contributed by atoms with Crippen molar-refractivity contribution in [2.75, 3.05) is 20.3 Å². The average molecular weight is 198 g/mol. The molecule has 1 rings (SSSR count). The molecule has 1 aromatic rings. The van der Waals surface area contributed by atoms with E-state index in [1.807, 2.05) is 0 Å². The van der Waals surface area contributed by atoms with Gasteiger partial charge >= 0.3 is 0 Å². The zero-order chi connectivity index (χ0) is 10.4. The van der Waals surface area contributed by atoms with Gasteiger partial charge in [0, 0.05) is 12.7 Å². The summed E-state index contributed by atoms with van der Waals surface area (Å²) >= 11 is 0. The van der Waals surface area contributed by atoms with Gasteiger partial charge in [0.1, 0.15) is 12.4 Å². The van der Waals surface area contributed by atoms with Gasteiger partial charge < -0.3 is 19.7 Å². The monoisotopic (exact) mass is 198 g/mol. The Kier molecular flexibility index (Phi) is 4.39. The van der Waals surface area contributed by atoms with Crippen LogP contribution in [0.3, 0.4) is 0 Å². The molecule has 4 nitrogen and oxygen atoms in total. The van der Waals surface area contributed by atoms with Crippen LogP contribution >= 0.6 is 0 Å². The van der Waals surface area contributed by atoms with Crippen molar-refractivity contribution in [3.8, 4) is 5.75 Å². The topological polar surface area (TPSA) is 58.9 Å². The molecule has 0 atom stereocenters. The fraction of sp³-hybridized carbons (Fsp3) is 0.400. The Labute approximate surface area is 82.7 Å². The van der Waals surface area contributed by atoms with Crippen LogP contribution in [0, 0.1) is 0 Å². The third kappa shape index (κ3) is 3.33. The van der Waals surface area contributed by atoms with Crippen molar-refractivity contribution in [3.63, 3.8) is 0 Å². The molecule has 0 fully saturated rings. The van der Waals surface area contributed by atoms with Crippen LogP contribution in [-0.2, 0) is 4.74 Å². The van der Waals surface area contributed by atoms with Crippen LogP contribution in [-0.4, -0.2) is 30.5 Å². The second-order valence-electron chi connectivity index (χ2n) is 2.78. The maximum Gasteiger partial charge on any atom is 0.178 e. The summed E-state index contributed by atoms with van der Waals surface area (Å²) in [4.78, 5) is 0.